The zero-order valence-corrected chi connectivity index (χ0v) is 12.1. The third-order valence-corrected chi connectivity index (χ3v) is 3.78. The van der Waals surface area contributed by atoms with E-state index in [4.69, 9.17) is 0 Å². The number of rotatable bonds is 2. The Kier molecular flexibility index (Phi) is 3.15. The van der Waals surface area contributed by atoms with Crippen LogP contribution in [0.4, 0.5) is 4.39 Å². The monoisotopic (exact) mass is 317 g/mol. The SMILES string of the molecule is Cc1ccc2ccn(Cc3ccc(Br)cc3F)c2c1. The van der Waals surface area contributed by atoms with Gasteiger partial charge < -0.3 is 4.57 Å². The van der Waals surface area contributed by atoms with Crippen LogP contribution in [-0.2, 0) is 6.54 Å². The van der Waals surface area contributed by atoms with Crippen LogP contribution >= 0.6 is 15.9 Å². The summed E-state index contributed by atoms with van der Waals surface area (Å²) in [6.07, 6.45) is 2.01. The van der Waals surface area contributed by atoms with Gasteiger partial charge in [-0.25, -0.2) is 4.39 Å². The van der Waals surface area contributed by atoms with Gasteiger partial charge in [0.2, 0.25) is 0 Å². The van der Waals surface area contributed by atoms with Gasteiger partial charge in [-0.3, -0.25) is 0 Å². The van der Waals surface area contributed by atoms with E-state index in [1.807, 2.05) is 18.3 Å². The molecule has 0 amide bonds. The van der Waals surface area contributed by atoms with Gasteiger partial charge in [-0.05, 0) is 42.1 Å². The van der Waals surface area contributed by atoms with Crippen LogP contribution in [0.2, 0.25) is 0 Å². The lowest BCUT2D eigenvalue weighted by atomic mass is 10.2. The van der Waals surface area contributed by atoms with Crippen molar-refractivity contribution in [2.45, 2.75) is 13.5 Å². The van der Waals surface area contributed by atoms with Gasteiger partial charge in [0.05, 0.1) is 6.54 Å². The molecule has 0 saturated heterocycles. The Morgan fingerprint density at radius 2 is 1.95 bits per heavy atom. The molecule has 0 spiro atoms. The highest BCUT2D eigenvalue weighted by Gasteiger charge is 2.06. The number of benzene rings is 2. The molecule has 0 fully saturated rings. The van der Waals surface area contributed by atoms with E-state index in [2.05, 4.69) is 51.7 Å². The average molecular weight is 318 g/mol. The third kappa shape index (κ3) is 2.43. The van der Waals surface area contributed by atoms with Gasteiger partial charge in [0.15, 0.2) is 0 Å². The highest BCUT2D eigenvalue weighted by atomic mass is 79.9. The topological polar surface area (TPSA) is 4.93 Å². The standard InChI is InChI=1S/C16H13BrFN/c1-11-2-3-12-6-7-19(16(12)8-11)10-13-4-5-14(17)9-15(13)18/h2-9H,10H2,1H3. The van der Waals surface area contributed by atoms with Crippen LogP contribution in [0, 0.1) is 12.7 Å². The number of hydrogen-bond donors (Lipinski definition) is 0. The van der Waals surface area contributed by atoms with Crippen LogP contribution in [0.25, 0.3) is 10.9 Å². The van der Waals surface area contributed by atoms with E-state index in [9.17, 15) is 4.39 Å². The van der Waals surface area contributed by atoms with E-state index >= 15 is 0 Å². The Morgan fingerprint density at radius 1 is 1.11 bits per heavy atom. The molecule has 0 bridgehead atoms. The Morgan fingerprint density at radius 3 is 2.74 bits per heavy atom. The molecule has 3 aromatic rings. The molecular formula is C16H13BrFN. The molecule has 1 aromatic heterocycles. The molecule has 1 heterocycles. The second-order valence-electron chi connectivity index (χ2n) is 4.74. The Hall–Kier alpha value is -1.61. The minimum Gasteiger partial charge on any atom is -0.343 e. The Bertz CT molecular complexity index is 746. The van der Waals surface area contributed by atoms with E-state index in [0.29, 0.717) is 12.1 Å². The number of aryl methyl sites for hydroxylation is 1. The zero-order valence-electron chi connectivity index (χ0n) is 10.5. The van der Waals surface area contributed by atoms with Gasteiger partial charge >= 0.3 is 0 Å². The lowest BCUT2D eigenvalue weighted by Crippen LogP contribution is -2.00. The Balaban J connectivity index is 2.03. The summed E-state index contributed by atoms with van der Waals surface area (Å²) in [6, 6.07) is 13.6. The molecule has 1 nitrogen and oxygen atoms in total. The van der Waals surface area contributed by atoms with Gasteiger partial charge in [-0.2, -0.15) is 0 Å². The van der Waals surface area contributed by atoms with Crippen LogP contribution < -0.4 is 0 Å². The van der Waals surface area contributed by atoms with E-state index in [0.717, 1.165) is 9.99 Å². The van der Waals surface area contributed by atoms with E-state index in [1.165, 1.54) is 17.0 Å². The molecular weight excluding hydrogens is 305 g/mol. The van der Waals surface area contributed by atoms with Crippen LogP contribution in [0.1, 0.15) is 11.1 Å². The molecule has 19 heavy (non-hydrogen) atoms. The van der Waals surface area contributed by atoms with Gasteiger partial charge in [0.1, 0.15) is 5.82 Å². The summed E-state index contributed by atoms with van der Waals surface area (Å²) in [5.74, 6) is -0.177. The first-order valence-corrected chi connectivity index (χ1v) is 6.92. The Labute approximate surface area is 119 Å². The van der Waals surface area contributed by atoms with Crippen LogP contribution in [0.5, 0.6) is 0 Å². The van der Waals surface area contributed by atoms with E-state index in [-0.39, 0.29) is 5.82 Å². The maximum absolute atomic E-state index is 13.9. The average Bonchev–Trinajstić information content (AvgIpc) is 2.75. The fraction of sp³-hybridized carbons (Fsp3) is 0.125. The molecule has 0 radical (unpaired) electrons. The highest BCUT2D eigenvalue weighted by molar-refractivity contribution is 9.10. The van der Waals surface area contributed by atoms with Gasteiger partial charge in [-0.15, -0.1) is 0 Å². The number of halogens is 2. The minimum atomic E-state index is -0.177. The molecule has 0 aliphatic heterocycles. The molecule has 96 valence electrons. The lowest BCUT2D eigenvalue weighted by molar-refractivity contribution is 0.601. The molecule has 0 N–H and O–H groups in total. The predicted octanol–water partition coefficient (Wildman–Crippen LogP) is 4.90. The van der Waals surface area contributed by atoms with Gasteiger partial charge in [0.25, 0.3) is 0 Å². The van der Waals surface area contributed by atoms with Crippen molar-refractivity contribution in [3.63, 3.8) is 0 Å². The van der Waals surface area contributed by atoms with Crippen molar-refractivity contribution in [3.8, 4) is 0 Å². The van der Waals surface area contributed by atoms with Gasteiger partial charge in [-0.1, -0.05) is 34.1 Å². The maximum atomic E-state index is 13.9. The first-order chi connectivity index (χ1) is 9.13. The van der Waals surface area contributed by atoms with Crippen LogP contribution in [0.15, 0.2) is 53.1 Å². The second-order valence-corrected chi connectivity index (χ2v) is 5.66. The van der Waals surface area contributed by atoms with Crippen molar-refractivity contribution in [1.29, 1.82) is 0 Å². The summed E-state index contributed by atoms with van der Waals surface area (Å²) in [5, 5.41) is 1.18. The summed E-state index contributed by atoms with van der Waals surface area (Å²) in [5.41, 5.74) is 3.05. The maximum Gasteiger partial charge on any atom is 0.129 e. The first kappa shape index (κ1) is 12.4. The lowest BCUT2D eigenvalue weighted by Gasteiger charge is -2.08. The summed E-state index contributed by atoms with van der Waals surface area (Å²) >= 11 is 3.28. The molecule has 0 aliphatic rings. The zero-order chi connectivity index (χ0) is 13.4. The summed E-state index contributed by atoms with van der Waals surface area (Å²) in [6.45, 7) is 2.61. The van der Waals surface area contributed by atoms with Crippen molar-refractivity contribution in [2.24, 2.45) is 0 Å². The minimum absolute atomic E-state index is 0.177. The van der Waals surface area contributed by atoms with Crippen molar-refractivity contribution in [2.75, 3.05) is 0 Å². The van der Waals surface area contributed by atoms with Crippen molar-refractivity contribution >= 4 is 26.8 Å². The molecule has 2 aromatic carbocycles. The summed E-state index contributed by atoms with van der Waals surface area (Å²) in [4.78, 5) is 0. The molecule has 0 aliphatic carbocycles. The quantitative estimate of drug-likeness (QED) is 0.633. The molecule has 3 heteroatoms. The van der Waals surface area contributed by atoms with Gasteiger partial charge in [0, 0.05) is 21.7 Å². The normalized spacial score (nSPS) is 11.1. The smallest absolute Gasteiger partial charge is 0.129 e. The fourth-order valence-corrected chi connectivity index (χ4v) is 2.60. The number of nitrogens with zero attached hydrogens (tertiary/aromatic N) is 1. The van der Waals surface area contributed by atoms with E-state index in [1.54, 1.807) is 0 Å². The summed E-state index contributed by atoms with van der Waals surface area (Å²) < 4.78 is 16.7. The van der Waals surface area contributed by atoms with Crippen molar-refractivity contribution in [3.05, 3.63) is 70.1 Å². The predicted molar refractivity (Wildman–Crippen MR) is 79.9 cm³/mol. The fourth-order valence-electron chi connectivity index (χ4n) is 2.27. The third-order valence-electron chi connectivity index (χ3n) is 3.29. The molecule has 0 saturated carbocycles. The number of hydrogen-bond acceptors (Lipinski definition) is 0. The second kappa shape index (κ2) is 4.82. The van der Waals surface area contributed by atoms with Crippen LogP contribution in [-0.4, -0.2) is 4.57 Å². The summed E-state index contributed by atoms with van der Waals surface area (Å²) in [7, 11) is 0. The van der Waals surface area contributed by atoms with Crippen molar-refractivity contribution in [1.82, 2.24) is 4.57 Å². The number of aromatic nitrogens is 1. The molecule has 0 atom stereocenters. The highest BCUT2D eigenvalue weighted by Crippen LogP contribution is 2.21. The molecule has 0 unspecified atom stereocenters. The van der Waals surface area contributed by atoms with Crippen LogP contribution in [0.3, 0.4) is 0 Å². The van der Waals surface area contributed by atoms with E-state index < -0.39 is 0 Å². The molecule has 3 rings (SSSR count). The first-order valence-electron chi connectivity index (χ1n) is 6.13. The largest absolute Gasteiger partial charge is 0.343 e. The number of fused-ring (bicyclic) bond motifs is 1. The van der Waals surface area contributed by atoms with Crippen molar-refractivity contribution < 1.29 is 4.39 Å².